The van der Waals surface area contributed by atoms with Crippen molar-refractivity contribution in [3.8, 4) is 0 Å². The van der Waals surface area contributed by atoms with Gasteiger partial charge in [0.05, 0.1) is 0 Å². The second-order valence-corrected chi connectivity index (χ2v) is 5.58. The van der Waals surface area contributed by atoms with Crippen LogP contribution in [-0.4, -0.2) is 11.5 Å². The highest BCUT2D eigenvalue weighted by molar-refractivity contribution is 5.85. The SMILES string of the molecule is CCC1(c2cccc3cnccc23)CCCCCN1. The highest BCUT2D eigenvalue weighted by Gasteiger charge is 2.31. The van der Waals surface area contributed by atoms with E-state index in [1.807, 2.05) is 12.4 Å². The van der Waals surface area contributed by atoms with Crippen LogP contribution in [0.3, 0.4) is 0 Å². The Kier molecular flexibility index (Phi) is 3.52. The summed E-state index contributed by atoms with van der Waals surface area (Å²) in [7, 11) is 0. The Morgan fingerprint density at radius 3 is 3.05 bits per heavy atom. The first-order chi connectivity index (χ1) is 9.36. The maximum Gasteiger partial charge on any atom is 0.0438 e. The standard InChI is InChI=1S/C17H22N2/c1-2-17(10-4-3-5-11-19-17)16-8-6-7-14-13-18-12-9-15(14)16/h6-9,12-13,19H,2-5,10-11H2,1H3. The molecule has 0 amide bonds. The lowest BCUT2D eigenvalue weighted by Gasteiger charge is -2.34. The number of hydrogen-bond acceptors (Lipinski definition) is 2. The lowest BCUT2D eigenvalue weighted by atomic mass is 9.81. The van der Waals surface area contributed by atoms with Crippen LogP contribution < -0.4 is 5.32 Å². The van der Waals surface area contributed by atoms with Crippen LogP contribution in [0.1, 0.15) is 44.6 Å². The van der Waals surface area contributed by atoms with Gasteiger partial charge in [0.15, 0.2) is 0 Å². The summed E-state index contributed by atoms with van der Waals surface area (Å²) in [6.07, 6.45) is 10.2. The third-order valence-corrected chi connectivity index (χ3v) is 4.54. The number of aromatic nitrogens is 1. The van der Waals surface area contributed by atoms with Crippen LogP contribution in [0.4, 0.5) is 0 Å². The van der Waals surface area contributed by atoms with Gasteiger partial charge in [0.1, 0.15) is 0 Å². The average molecular weight is 254 g/mol. The number of pyridine rings is 1. The van der Waals surface area contributed by atoms with Crippen LogP contribution in [-0.2, 0) is 5.54 Å². The Labute approximate surface area is 115 Å². The van der Waals surface area contributed by atoms with Gasteiger partial charge in [-0.15, -0.1) is 0 Å². The van der Waals surface area contributed by atoms with Crippen molar-refractivity contribution in [1.29, 1.82) is 0 Å². The summed E-state index contributed by atoms with van der Waals surface area (Å²) in [5.41, 5.74) is 1.61. The highest BCUT2D eigenvalue weighted by atomic mass is 15.0. The van der Waals surface area contributed by atoms with Gasteiger partial charge in [0, 0.05) is 23.3 Å². The Morgan fingerprint density at radius 1 is 1.21 bits per heavy atom. The molecule has 1 saturated heterocycles. The molecule has 2 aromatic rings. The van der Waals surface area contributed by atoms with Crippen molar-refractivity contribution < 1.29 is 0 Å². The van der Waals surface area contributed by atoms with Crippen LogP contribution in [0.25, 0.3) is 10.8 Å². The molecule has 1 aliphatic heterocycles. The number of hydrogen-bond donors (Lipinski definition) is 1. The minimum absolute atomic E-state index is 0.150. The number of nitrogens with one attached hydrogen (secondary N) is 1. The van der Waals surface area contributed by atoms with Gasteiger partial charge < -0.3 is 5.32 Å². The summed E-state index contributed by atoms with van der Waals surface area (Å²) >= 11 is 0. The second-order valence-electron chi connectivity index (χ2n) is 5.58. The van der Waals surface area contributed by atoms with Crippen molar-refractivity contribution in [2.45, 2.75) is 44.6 Å². The molecule has 2 nitrogen and oxygen atoms in total. The Hall–Kier alpha value is -1.41. The van der Waals surface area contributed by atoms with E-state index in [2.05, 4.69) is 41.5 Å². The summed E-state index contributed by atoms with van der Waals surface area (Å²) < 4.78 is 0. The molecule has 1 unspecified atom stereocenters. The van der Waals surface area contributed by atoms with Gasteiger partial charge in [-0.2, -0.15) is 0 Å². The molecule has 1 aromatic carbocycles. The van der Waals surface area contributed by atoms with Gasteiger partial charge in [-0.3, -0.25) is 4.98 Å². The molecule has 19 heavy (non-hydrogen) atoms. The van der Waals surface area contributed by atoms with E-state index < -0.39 is 0 Å². The van der Waals surface area contributed by atoms with E-state index in [1.165, 1.54) is 42.0 Å². The average Bonchev–Trinajstić information content (AvgIpc) is 2.73. The summed E-state index contributed by atoms with van der Waals surface area (Å²) in [6, 6.07) is 8.79. The molecule has 2 heteroatoms. The smallest absolute Gasteiger partial charge is 0.0438 e. The van der Waals surface area contributed by atoms with Crippen LogP contribution in [0.2, 0.25) is 0 Å². The van der Waals surface area contributed by atoms with E-state index in [1.54, 1.807) is 0 Å². The quantitative estimate of drug-likeness (QED) is 0.876. The summed E-state index contributed by atoms with van der Waals surface area (Å²) in [4.78, 5) is 4.25. The van der Waals surface area contributed by atoms with E-state index >= 15 is 0 Å². The normalized spacial score (nSPS) is 24.3. The van der Waals surface area contributed by atoms with Gasteiger partial charge in [0.2, 0.25) is 0 Å². The fourth-order valence-corrected chi connectivity index (χ4v) is 3.41. The van der Waals surface area contributed by atoms with Crippen molar-refractivity contribution in [2.75, 3.05) is 6.54 Å². The van der Waals surface area contributed by atoms with E-state index in [0.29, 0.717) is 0 Å². The topological polar surface area (TPSA) is 24.9 Å². The van der Waals surface area contributed by atoms with Crippen molar-refractivity contribution in [3.63, 3.8) is 0 Å². The van der Waals surface area contributed by atoms with Gasteiger partial charge >= 0.3 is 0 Å². The molecule has 1 aliphatic rings. The minimum Gasteiger partial charge on any atom is -0.307 e. The van der Waals surface area contributed by atoms with Gasteiger partial charge in [-0.1, -0.05) is 38.0 Å². The summed E-state index contributed by atoms with van der Waals surface area (Å²) in [5, 5.41) is 6.44. The lowest BCUT2D eigenvalue weighted by molar-refractivity contribution is 0.315. The van der Waals surface area contributed by atoms with Crippen molar-refractivity contribution >= 4 is 10.8 Å². The van der Waals surface area contributed by atoms with E-state index in [9.17, 15) is 0 Å². The van der Waals surface area contributed by atoms with Crippen LogP contribution in [0.15, 0.2) is 36.7 Å². The first-order valence-corrected chi connectivity index (χ1v) is 7.44. The summed E-state index contributed by atoms with van der Waals surface area (Å²) in [6.45, 7) is 3.44. The maximum atomic E-state index is 4.25. The number of rotatable bonds is 2. The van der Waals surface area contributed by atoms with E-state index in [-0.39, 0.29) is 5.54 Å². The fourth-order valence-electron chi connectivity index (χ4n) is 3.41. The van der Waals surface area contributed by atoms with Crippen molar-refractivity contribution in [1.82, 2.24) is 10.3 Å². The zero-order chi connectivity index (χ0) is 13.1. The zero-order valence-electron chi connectivity index (χ0n) is 11.7. The van der Waals surface area contributed by atoms with Crippen LogP contribution in [0, 0.1) is 0 Å². The lowest BCUT2D eigenvalue weighted by Crippen LogP contribution is -2.41. The monoisotopic (exact) mass is 254 g/mol. The Balaban J connectivity index is 2.15. The third-order valence-electron chi connectivity index (χ3n) is 4.54. The molecular formula is C17H22N2. The number of nitrogens with zero attached hydrogens (tertiary/aromatic N) is 1. The van der Waals surface area contributed by atoms with Crippen LogP contribution >= 0.6 is 0 Å². The van der Waals surface area contributed by atoms with Gasteiger partial charge in [-0.05, 0) is 42.8 Å². The minimum atomic E-state index is 0.150. The Morgan fingerprint density at radius 2 is 2.16 bits per heavy atom. The fraction of sp³-hybridized carbons (Fsp3) is 0.471. The molecule has 0 bridgehead atoms. The molecule has 0 radical (unpaired) electrons. The second kappa shape index (κ2) is 5.30. The van der Waals surface area contributed by atoms with Gasteiger partial charge in [-0.25, -0.2) is 0 Å². The molecule has 1 fully saturated rings. The number of benzene rings is 1. The zero-order valence-corrected chi connectivity index (χ0v) is 11.7. The van der Waals surface area contributed by atoms with E-state index in [4.69, 9.17) is 0 Å². The first-order valence-electron chi connectivity index (χ1n) is 7.44. The molecule has 100 valence electrons. The molecular weight excluding hydrogens is 232 g/mol. The molecule has 2 heterocycles. The maximum absolute atomic E-state index is 4.25. The number of fused-ring (bicyclic) bond motifs is 1. The predicted octanol–water partition coefficient (Wildman–Crippen LogP) is 4.00. The molecule has 0 spiro atoms. The molecule has 1 N–H and O–H groups in total. The highest BCUT2D eigenvalue weighted by Crippen LogP contribution is 2.36. The predicted molar refractivity (Wildman–Crippen MR) is 80.2 cm³/mol. The largest absolute Gasteiger partial charge is 0.307 e. The molecule has 0 saturated carbocycles. The third kappa shape index (κ3) is 2.25. The van der Waals surface area contributed by atoms with Crippen LogP contribution in [0.5, 0.6) is 0 Å². The molecule has 3 rings (SSSR count). The Bertz CT molecular complexity index is 549. The molecule has 1 atom stereocenters. The molecule has 1 aromatic heterocycles. The molecule has 0 aliphatic carbocycles. The van der Waals surface area contributed by atoms with Crippen molar-refractivity contribution in [2.24, 2.45) is 0 Å². The van der Waals surface area contributed by atoms with E-state index in [0.717, 1.165) is 13.0 Å². The summed E-state index contributed by atoms with van der Waals surface area (Å²) in [5.74, 6) is 0. The van der Waals surface area contributed by atoms with Crippen molar-refractivity contribution in [3.05, 3.63) is 42.2 Å². The van der Waals surface area contributed by atoms with Gasteiger partial charge in [0.25, 0.3) is 0 Å². The first kappa shape index (κ1) is 12.6.